The van der Waals surface area contributed by atoms with Crippen molar-refractivity contribution in [3.05, 3.63) is 16.4 Å². The van der Waals surface area contributed by atoms with E-state index in [4.69, 9.17) is 0 Å². The van der Waals surface area contributed by atoms with E-state index in [-0.39, 0.29) is 17.1 Å². The van der Waals surface area contributed by atoms with Crippen LogP contribution in [0.4, 0.5) is 0 Å². The summed E-state index contributed by atoms with van der Waals surface area (Å²) >= 11 is 3.47. The minimum atomic E-state index is 0.123. The lowest BCUT2D eigenvalue weighted by Gasteiger charge is -2.26. The molecule has 1 unspecified atom stereocenters. The van der Waals surface area contributed by atoms with E-state index in [2.05, 4.69) is 41.8 Å². The van der Waals surface area contributed by atoms with E-state index in [1.807, 2.05) is 4.68 Å². The summed E-state index contributed by atoms with van der Waals surface area (Å²) in [6.45, 7) is 7.32. The molecule has 1 saturated carbocycles. The van der Waals surface area contributed by atoms with Gasteiger partial charge in [0.25, 0.3) is 0 Å². The number of hydrogen-bond acceptors (Lipinski definition) is 2. The van der Waals surface area contributed by atoms with Crippen molar-refractivity contribution in [1.82, 2.24) is 9.78 Å². The maximum atomic E-state index is 12.7. The number of carbonyl (C=O) groups excluding carboxylic acids is 1. The number of aromatic nitrogens is 2. The van der Waals surface area contributed by atoms with E-state index < -0.39 is 0 Å². The second kappa shape index (κ2) is 5.16. The lowest BCUT2D eigenvalue weighted by Crippen LogP contribution is -2.28. The van der Waals surface area contributed by atoms with E-state index in [1.54, 1.807) is 6.20 Å². The predicted octanol–water partition coefficient (Wildman–Crippen LogP) is 4.06. The van der Waals surface area contributed by atoms with Crippen molar-refractivity contribution in [2.24, 2.45) is 11.3 Å². The van der Waals surface area contributed by atoms with Crippen LogP contribution in [0, 0.1) is 11.3 Å². The van der Waals surface area contributed by atoms with Crippen LogP contribution in [0.15, 0.2) is 10.7 Å². The first-order valence-electron chi connectivity index (χ1n) is 6.73. The minimum Gasteiger partial charge on any atom is -0.292 e. The zero-order valence-corrected chi connectivity index (χ0v) is 13.0. The van der Waals surface area contributed by atoms with Crippen LogP contribution in [-0.4, -0.2) is 15.6 Å². The third-order valence-electron chi connectivity index (χ3n) is 4.04. The molecule has 1 aromatic heterocycles. The quantitative estimate of drug-likeness (QED) is 0.786. The summed E-state index contributed by atoms with van der Waals surface area (Å²) in [5.41, 5.74) is 0.884. The average Bonchev–Trinajstić information content (AvgIpc) is 2.82. The fourth-order valence-corrected chi connectivity index (χ4v) is 3.46. The lowest BCUT2D eigenvalue weighted by molar-refractivity contribution is 0.0826. The molecule has 18 heavy (non-hydrogen) atoms. The molecule has 0 amide bonds. The van der Waals surface area contributed by atoms with Gasteiger partial charge in [0.05, 0.1) is 10.7 Å². The van der Waals surface area contributed by atoms with Gasteiger partial charge in [-0.2, -0.15) is 5.10 Å². The second-order valence-electron chi connectivity index (χ2n) is 5.86. The van der Waals surface area contributed by atoms with Crippen molar-refractivity contribution in [3.8, 4) is 0 Å². The van der Waals surface area contributed by atoms with Gasteiger partial charge in [0, 0.05) is 12.5 Å². The van der Waals surface area contributed by atoms with Gasteiger partial charge < -0.3 is 0 Å². The van der Waals surface area contributed by atoms with Gasteiger partial charge in [-0.25, -0.2) is 0 Å². The second-order valence-corrected chi connectivity index (χ2v) is 6.72. The Kier molecular flexibility index (Phi) is 3.95. The first-order chi connectivity index (χ1) is 8.47. The Morgan fingerprint density at radius 3 is 2.89 bits per heavy atom. The fourth-order valence-electron chi connectivity index (χ4n) is 2.97. The van der Waals surface area contributed by atoms with Crippen molar-refractivity contribution >= 4 is 21.7 Å². The molecule has 0 aromatic carbocycles. The van der Waals surface area contributed by atoms with Crippen molar-refractivity contribution in [3.63, 3.8) is 0 Å². The third kappa shape index (κ3) is 2.40. The van der Waals surface area contributed by atoms with Crippen molar-refractivity contribution in [1.29, 1.82) is 0 Å². The molecule has 4 heteroatoms. The highest BCUT2D eigenvalue weighted by Crippen LogP contribution is 2.44. The zero-order valence-electron chi connectivity index (χ0n) is 11.4. The van der Waals surface area contributed by atoms with Crippen molar-refractivity contribution in [2.45, 2.75) is 53.0 Å². The van der Waals surface area contributed by atoms with Crippen LogP contribution in [-0.2, 0) is 6.54 Å². The van der Waals surface area contributed by atoms with Gasteiger partial charge in [0.15, 0.2) is 5.78 Å². The molecule has 2 rings (SSSR count). The molecule has 1 aromatic rings. The normalized spacial score (nSPS) is 22.3. The van der Waals surface area contributed by atoms with Gasteiger partial charge in [-0.3, -0.25) is 9.48 Å². The zero-order chi connectivity index (χ0) is 13.3. The minimum absolute atomic E-state index is 0.123. The van der Waals surface area contributed by atoms with Crippen LogP contribution in [0.1, 0.15) is 56.9 Å². The summed E-state index contributed by atoms with van der Waals surface area (Å²) in [6.07, 6.45) is 6.04. The van der Waals surface area contributed by atoms with Gasteiger partial charge in [-0.15, -0.1) is 0 Å². The molecule has 0 aliphatic heterocycles. The van der Waals surface area contributed by atoms with Crippen molar-refractivity contribution < 1.29 is 4.79 Å². The maximum absolute atomic E-state index is 12.7. The number of Topliss-reactive ketones (excluding diaryl/α,β-unsaturated/α-hetero) is 1. The summed E-state index contributed by atoms with van der Waals surface area (Å²) in [7, 11) is 0. The molecule has 1 fully saturated rings. The molecule has 0 bridgehead atoms. The van der Waals surface area contributed by atoms with Crippen LogP contribution >= 0.6 is 15.9 Å². The average molecular weight is 313 g/mol. The highest BCUT2D eigenvalue weighted by molar-refractivity contribution is 9.10. The molecular weight excluding hydrogens is 292 g/mol. The number of hydrogen-bond donors (Lipinski definition) is 0. The van der Waals surface area contributed by atoms with Crippen LogP contribution in [0.3, 0.4) is 0 Å². The Hall–Kier alpha value is -0.640. The molecule has 1 atom stereocenters. The molecule has 1 heterocycles. The molecule has 0 saturated heterocycles. The maximum Gasteiger partial charge on any atom is 0.185 e. The standard InChI is InChI=1S/C14H21BrN2O/c1-4-8-17-12(11(15)9-16-17)13(18)10-6-5-7-14(10,2)3/h9-10H,4-8H2,1-3H3. The highest BCUT2D eigenvalue weighted by atomic mass is 79.9. The Morgan fingerprint density at radius 2 is 2.33 bits per heavy atom. The molecule has 3 nitrogen and oxygen atoms in total. The van der Waals surface area contributed by atoms with E-state index in [1.165, 1.54) is 0 Å². The summed E-state index contributed by atoms with van der Waals surface area (Å²) in [4.78, 5) is 12.7. The van der Waals surface area contributed by atoms with Crippen molar-refractivity contribution in [2.75, 3.05) is 0 Å². The molecular formula is C14H21BrN2O. The first-order valence-corrected chi connectivity index (χ1v) is 7.52. The number of ketones is 1. The van der Waals surface area contributed by atoms with E-state index in [9.17, 15) is 4.79 Å². The number of halogens is 1. The Balaban J connectivity index is 2.31. The molecule has 0 spiro atoms. The monoisotopic (exact) mass is 312 g/mol. The number of carbonyl (C=O) groups is 1. The summed E-state index contributed by atoms with van der Waals surface area (Å²) in [6, 6.07) is 0. The molecule has 0 N–H and O–H groups in total. The Morgan fingerprint density at radius 1 is 1.61 bits per heavy atom. The van der Waals surface area contributed by atoms with Gasteiger partial charge >= 0.3 is 0 Å². The van der Waals surface area contributed by atoms with E-state index >= 15 is 0 Å². The third-order valence-corrected chi connectivity index (χ3v) is 4.62. The van der Waals surface area contributed by atoms with Gasteiger partial charge in [0.2, 0.25) is 0 Å². The first kappa shape index (κ1) is 13.8. The fraction of sp³-hybridized carbons (Fsp3) is 0.714. The van der Waals surface area contributed by atoms with Gasteiger partial charge in [-0.05, 0) is 40.6 Å². The smallest absolute Gasteiger partial charge is 0.185 e. The largest absolute Gasteiger partial charge is 0.292 e. The van der Waals surface area contributed by atoms with Crippen LogP contribution in [0.2, 0.25) is 0 Å². The lowest BCUT2D eigenvalue weighted by atomic mass is 9.78. The molecule has 100 valence electrons. The number of aryl methyl sites for hydroxylation is 1. The SMILES string of the molecule is CCCn1ncc(Br)c1C(=O)C1CCCC1(C)C. The van der Waals surface area contributed by atoms with Gasteiger partial charge in [-0.1, -0.05) is 27.2 Å². The molecule has 0 radical (unpaired) electrons. The number of rotatable bonds is 4. The Bertz CT molecular complexity index is 451. The summed E-state index contributed by atoms with van der Waals surface area (Å²) in [5.74, 6) is 0.399. The van der Waals surface area contributed by atoms with Crippen LogP contribution < -0.4 is 0 Å². The predicted molar refractivity (Wildman–Crippen MR) is 75.7 cm³/mol. The topological polar surface area (TPSA) is 34.9 Å². The highest BCUT2D eigenvalue weighted by Gasteiger charge is 2.41. The Labute approximate surface area is 117 Å². The summed E-state index contributed by atoms with van der Waals surface area (Å²) < 4.78 is 2.68. The van der Waals surface area contributed by atoms with E-state index in [0.29, 0.717) is 0 Å². The van der Waals surface area contributed by atoms with Gasteiger partial charge in [0.1, 0.15) is 5.69 Å². The van der Waals surface area contributed by atoms with Crippen LogP contribution in [0.5, 0.6) is 0 Å². The van der Waals surface area contributed by atoms with Crippen LogP contribution in [0.25, 0.3) is 0 Å². The number of nitrogens with zero attached hydrogens (tertiary/aromatic N) is 2. The molecule has 1 aliphatic rings. The van der Waals surface area contributed by atoms with E-state index in [0.717, 1.165) is 42.4 Å². The molecule has 1 aliphatic carbocycles. The summed E-state index contributed by atoms with van der Waals surface area (Å²) in [5, 5.41) is 4.29.